The van der Waals surface area contributed by atoms with Crippen molar-refractivity contribution in [3.63, 3.8) is 0 Å². The lowest BCUT2D eigenvalue weighted by molar-refractivity contribution is -0.155. The van der Waals surface area contributed by atoms with Crippen LogP contribution < -0.4 is 0 Å². The van der Waals surface area contributed by atoms with Crippen molar-refractivity contribution in [2.45, 2.75) is 26.5 Å². The molecule has 0 bridgehead atoms. The number of rotatable bonds is 4. The van der Waals surface area contributed by atoms with Gasteiger partial charge in [-0.05, 0) is 25.5 Å². The third-order valence-corrected chi connectivity index (χ3v) is 3.91. The molecule has 0 aliphatic carbocycles. The van der Waals surface area contributed by atoms with Crippen molar-refractivity contribution in [2.75, 3.05) is 19.8 Å². The number of aromatic nitrogens is 3. The van der Waals surface area contributed by atoms with Gasteiger partial charge in [0.1, 0.15) is 6.61 Å². The summed E-state index contributed by atoms with van der Waals surface area (Å²) in [6.07, 6.45) is 3.25. The van der Waals surface area contributed by atoms with E-state index >= 15 is 0 Å². The minimum absolute atomic E-state index is 0.0161. The third kappa shape index (κ3) is 3.85. The van der Waals surface area contributed by atoms with Gasteiger partial charge in [0.15, 0.2) is 6.23 Å². The van der Waals surface area contributed by atoms with Crippen molar-refractivity contribution in [1.29, 1.82) is 0 Å². The lowest BCUT2D eigenvalue weighted by Crippen LogP contribution is -2.49. The fourth-order valence-electron chi connectivity index (χ4n) is 2.74. The Morgan fingerprint density at radius 3 is 2.80 bits per heavy atom. The fourth-order valence-corrected chi connectivity index (χ4v) is 2.74. The molecular weight excluding hydrogens is 324 g/mol. The molecule has 0 saturated carbocycles. The zero-order valence-corrected chi connectivity index (χ0v) is 14.2. The number of ether oxygens (including phenoxy) is 2. The minimum atomic E-state index is -0.593. The third-order valence-electron chi connectivity index (χ3n) is 3.91. The SMILES string of the molecule is CC(=O)OCC1OCCCN1C(=O)c1cc(C)ccc1-n1nccn1. The summed E-state index contributed by atoms with van der Waals surface area (Å²) in [6.45, 7) is 4.32. The van der Waals surface area contributed by atoms with Crippen LogP contribution in [0.3, 0.4) is 0 Å². The Balaban J connectivity index is 1.90. The Hall–Kier alpha value is -2.74. The van der Waals surface area contributed by atoms with Gasteiger partial charge in [0.05, 0.1) is 30.3 Å². The Morgan fingerprint density at radius 2 is 2.08 bits per heavy atom. The Bertz CT molecular complexity index is 760. The summed E-state index contributed by atoms with van der Waals surface area (Å²) in [6, 6.07) is 5.52. The van der Waals surface area contributed by atoms with E-state index in [1.807, 2.05) is 19.1 Å². The van der Waals surface area contributed by atoms with Crippen molar-refractivity contribution in [1.82, 2.24) is 19.9 Å². The van der Waals surface area contributed by atoms with E-state index < -0.39 is 12.2 Å². The molecule has 8 nitrogen and oxygen atoms in total. The van der Waals surface area contributed by atoms with Crippen LogP contribution in [0.1, 0.15) is 29.3 Å². The molecule has 1 unspecified atom stereocenters. The molecule has 1 amide bonds. The van der Waals surface area contributed by atoms with E-state index in [1.54, 1.807) is 23.4 Å². The number of carbonyl (C=O) groups excluding carboxylic acids is 2. The highest BCUT2D eigenvalue weighted by molar-refractivity contribution is 5.98. The number of benzene rings is 1. The zero-order valence-electron chi connectivity index (χ0n) is 14.2. The summed E-state index contributed by atoms with van der Waals surface area (Å²) in [4.78, 5) is 27.3. The van der Waals surface area contributed by atoms with E-state index in [0.29, 0.717) is 24.4 Å². The molecule has 132 valence electrons. The van der Waals surface area contributed by atoms with Crippen LogP contribution >= 0.6 is 0 Å². The molecule has 1 atom stereocenters. The number of nitrogens with zero attached hydrogens (tertiary/aromatic N) is 4. The number of carbonyl (C=O) groups is 2. The van der Waals surface area contributed by atoms with Gasteiger partial charge in [-0.15, -0.1) is 0 Å². The maximum absolute atomic E-state index is 13.2. The second-order valence-electron chi connectivity index (χ2n) is 5.82. The van der Waals surface area contributed by atoms with Gasteiger partial charge >= 0.3 is 5.97 Å². The number of aryl methyl sites for hydroxylation is 1. The number of hydrogen-bond acceptors (Lipinski definition) is 6. The lowest BCUT2D eigenvalue weighted by Gasteiger charge is -2.35. The second-order valence-corrected chi connectivity index (χ2v) is 5.82. The molecule has 1 aromatic heterocycles. The first kappa shape index (κ1) is 17.1. The molecule has 1 saturated heterocycles. The molecule has 1 aliphatic rings. The largest absolute Gasteiger partial charge is 0.461 e. The Kier molecular flexibility index (Phi) is 5.08. The summed E-state index contributed by atoms with van der Waals surface area (Å²) < 4.78 is 10.7. The van der Waals surface area contributed by atoms with Gasteiger partial charge < -0.3 is 14.4 Å². The Morgan fingerprint density at radius 1 is 1.32 bits per heavy atom. The minimum Gasteiger partial charge on any atom is -0.461 e. The summed E-state index contributed by atoms with van der Waals surface area (Å²) in [5.74, 6) is -0.605. The molecule has 1 aromatic carbocycles. The van der Waals surface area contributed by atoms with Crippen LogP contribution in [0.2, 0.25) is 0 Å². The summed E-state index contributed by atoms with van der Waals surface area (Å²) in [5.41, 5.74) is 2.03. The second kappa shape index (κ2) is 7.43. The highest BCUT2D eigenvalue weighted by Crippen LogP contribution is 2.21. The summed E-state index contributed by atoms with van der Waals surface area (Å²) in [5, 5.41) is 8.23. The van der Waals surface area contributed by atoms with Gasteiger partial charge in [0, 0.05) is 13.5 Å². The van der Waals surface area contributed by atoms with Crippen LogP contribution in [0.25, 0.3) is 5.69 Å². The van der Waals surface area contributed by atoms with Crippen molar-refractivity contribution >= 4 is 11.9 Å². The predicted octanol–water partition coefficient (Wildman–Crippen LogP) is 1.33. The van der Waals surface area contributed by atoms with Crippen molar-refractivity contribution in [3.05, 3.63) is 41.7 Å². The van der Waals surface area contributed by atoms with Crippen LogP contribution in [0.15, 0.2) is 30.6 Å². The van der Waals surface area contributed by atoms with Crippen molar-refractivity contribution < 1.29 is 19.1 Å². The Labute approximate surface area is 145 Å². The molecule has 1 aliphatic heterocycles. The number of amides is 1. The van der Waals surface area contributed by atoms with Crippen LogP contribution in [-0.4, -0.2) is 57.8 Å². The molecule has 25 heavy (non-hydrogen) atoms. The van der Waals surface area contributed by atoms with Crippen molar-refractivity contribution in [2.24, 2.45) is 0 Å². The molecule has 1 fully saturated rings. The lowest BCUT2D eigenvalue weighted by atomic mass is 10.1. The molecule has 0 N–H and O–H groups in total. The van der Waals surface area contributed by atoms with Crippen LogP contribution in [0.4, 0.5) is 0 Å². The van der Waals surface area contributed by atoms with E-state index in [-0.39, 0.29) is 12.5 Å². The van der Waals surface area contributed by atoms with Crippen LogP contribution in [0, 0.1) is 6.92 Å². The molecule has 0 spiro atoms. The van der Waals surface area contributed by atoms with E-state index in [9.17, 15) is 9.59 Å². The van der Waals surface area contributed by atoms with Crippen LogP contribution in [0.5, 0.6) is 0 Å². The van der Waals surface area contributed by atoms with E-state index in [0.717, 1.165) is 12.0 Å². The smallest absolute Gasteiger partial charge is 0.302 e. The molecule has 2 heterocycles. The van der Waals surface area contributed by atoms with Gasteiger partial charge in [0.25, 0.3) is 5.91 Å². The van der Waals surface area contributed by atoms with Gasteiger partial charge in [-0.3, -0.25) is 9.59 Å². The molecule has 8 heteroatoms. The molecule has 0 radical (unpaired) electrons. The monoisotopic (exact) mass is 344 g/mol. The summed E-state index contributed by atoms with van der Waals surface area (Å²) in [7, 11) is 0. The average Bonchev–Trinajstić information content (AvgIpc) is 3.14. The van der Waals surface area contributed by atoms with Gasteiger partial charge in [-0.2, -0.15) is 15.0 Å². The average molecular weight is 344 g/mol. The van der Waals surface area contributed by atoms with Gasteiger partial charge in [-0.1, -0.05) is 11.6 Å². The quantitative estimate of drug-likeness (QED) is 0.778. The number of hydrogen-bond donors (Lipinski definition) is 0. The predicted molar refractivity (Wildman–Crippen MR) is 88.1 cm³/mol. The molecular formula is C17H20N4O4. The highest BCUT2D eigenvalue weighted by atomic mass is 16.6. The fraction of sp³-hybridized carbons (Fsp3) is 0.412. The van der Waals surface area contributed by atoms with Crippen molar-refractivity contribution in [3.8, 4) is 5.69 Å². The number of esters is 1. The first-order chi connectivity index (χ1) is 12.1. The normalized spacial score (nSPS) is 17.4. The van der Waals surface area contributed by atoms with Gasteiger partial charge in [-0.25, -0.2) is 0 Å². The summed E-state index contributed by atoms with van der Waals surface area (Å²) >= 11 is 0. The zero-order chi connectivity index (χ0) is 17.8. The standard InChI is InChI=1S/C17H20N4O4/c1-12-4-5-15(21-18-6-7-19-21)14(10-12)17(23)20-8-3-9-24-16(20)11-25-13(2)22/h4-7,10,16H,3,8-9,11H2,1-2H3. The van der Waals surface area contributed by atoms with E-state index in [2.05, 4.69) is 10.2 Å². The van der Waals surface area contributed by atoms with Gasteiger partial charge in [0.2, 0.25) is 0 Å². The molecule has 3 rings (SSSR count). The maximum atomic E-state index is 13.2. The first-order valence-electron chi connectivity index (χ1n) is 8.09. The first-order valence-corrected chi connectivity index (χ1v) is 8.09. The van der Waals surface area contributed by atoms with E-state index in [1.165, 1.54) is 11.7 Å². The van der Waals surface area contributed by atoms with Crippen LogP contribution in [-0.2, 0) is 14.3 Å². The van der Waals surface area contributed by atoms with E-state index in [4.69, 9.17) is 9.47 Å². The topological polar surface area (TPSA) is 86.5 Å². The maximum Gasteiger partial charge on any atom is 0.302 e. The highest BCUT2D eigenvalue weighted by Gasteiger charge is 2.31. The molecule has 2 aromatic rings.